The van der Waals surface area contributed by atoms with Crippen LogP contribution in [0.2, 0.25) is 0 Å². The molecular formula is C21H39IN6O. The van der Waals surface area contributed by atoms with Crippen molar-refractivity contribution >= 4 is 29.9 Å². The van der Waals surface area contributed by atoms with Crippen molar-refractivity contribution < 1.29 is 4.74 Å². The van der Waals surface area contributed by atoms with Gasteiger partial charge in [0.25, 0.3) is 0 Å². The van der Waals surface area contributed by atoms with Gasteiger partial charge in [0.1, 0.15) is 12.4 Å². The highest BCUT2D eigenvalue weighted by molar-refractivity contribution is 14.0. The molecular weight excluding hydrogens is 479 g/mol. The molecule has 1 aromatic heterocycles. The minimum absolute atomic E-state index is 0. The molecule has 2 unspecified atom stereocenters. The number of aryl methyl sites for hydroxylation is 1. The fourth-order valence-corrected chi connectivity index (χ4v) is 4.39. The molecule has 0 spiro atoms. The number of halogens is 1. The summed E-state index contributed by atoms with van der Waals surface area (Å²) in [6, 6.07) is 0. The van der Waals surface area contributed by atoms with E-state index in [2.05, 4.69) is 53.1 Å². The maximum atomic E-state index is 6.12. The van der Waals surface area contributed by atoms with Gasteiger partial charge in [0, 0.05) is 38.6 Å². The van der Waals surface area contributed by atoms with Crippen molar-refractivity contribution in [2.45, 2.75) is 85.4 Å². The van der Waals surface area contributed by atoms with Gasteiger partial charge in [-0.15, -0.1) is 34.2 Å². The highest BCUT2D eigenvalue weighted by atomic mass is 127. The molecule has 166 valence electrons. The first-order valence-electron chi connectivity index (χ1n) is 11.0. The van der Waals surface area contributed by atoms with Crippen molar-refractivity contribution in [2.75, 3.05) is 19.7 Å². The number of guanidine groups is 1. The Morgan fingerprint density at radius 1 is 1.17 bits per heavy atom. The summed E-state index contributed by atoms with van der Waals surface area (Å²) in [6.07, 6.45) is 7.34. The Morgan fingerprint density at radius 3 is 2.76 bits per heavy atom. The average Bonchev–Trinajstić information content (AvgIpc) is 2.90. The number of hydrogen-bond donors (Lipinski definition) is 2. The third-order valence-corrected chi connectivity index (χ3v) is 5.74. The third kappa shape index (κ3) is 6.80. The summed E-state index contributed by atoms with van der Waals surface area (Å²) in [6.45, 7) is 13.1. The summed E-state index contributed by atoms with van der Waals surface area (Å²) in [7, 11) is 0. The highest BCUT2D eigenvalue weighted by Gasteiger charge is 2.35. The molecule has 0 aliphatic carbocycles. The van der Waals surface area contributed by atoms with Crippen LogP contribution in [0, 0.1) is 11.3 Å². The Balaban J connectivity index is 0.00000300. The van der Waals surface area contributed by atoms with E-state index in [1.807, 2.05) is 0 Å². The third-order valence-electron chi connectivity index (χ3n) is 5.74. The Morgan fingerprint density at radius 2 is 2.00 bits per heavy atom. The molecule has 2 aliphatic heterocycles. The summed E-state index contributed by atoms with van der Waals surface area (Å²) in [5, 5.41) is 15.7. The summed E-state index contributed by atoms with van der Waals surface area (Å²) in [5.74, 6) is 3.45. The van der Waals surface area contributed by atoms with Gasteiger partial charge in [0.2, 0.25) is 0 Å². The van der Waals surface area contributed by atoms with Crippen molar-refractivity contribution in [3.05, 3.63) is 11.6 Å². The normalized spacial score (nSPS) is 23.0. The van der Waals surface area contributed by atoms with E-state index in [9.17, 15) is 0 Å². The van der Waals surface area contributed by atoms with E-state index in [0.29, 0.717) is 12.5 Å². The summed E-state index contributed by atoms with van der Waals surface area (Å²) in [5.41, 5.74) is 0.154. The molecule has 1 aromatic rings. The van der Waals surface area contributed by atoms with E-state index in [1.165, 1.54) is 25.7 Å². The van der Waals surface area contributed by atoms with Gasteiger partial charge in [-0.1, -0.05) is 27.2 Å². The van der Waals surface area contributed by atoms with Crippen LogP contribution in [0.15, 0.2) is 4.99 Å². The van der Waals surface area contributed by atoms with E-state index < -0.39 is 0 Å². The molecule has 0 amide bonds. The second-order valence-corrected chi connectivity index (χ2v) is 9.13. The first kappa shape index (κ1) is 24.4. The van der Waals surface area contributed by atoms with Crippen LogP contribution in [0.1, 0.15) is 71.4 Å². The molecule has 0 bridgehead atoms. The Bertz CT molecular complexity index is 654. The predicted octanol–water partition coefficient (Wildman–Crippen LogP) is 3.52. The molecule has 3 heterocycles. The first-order valence-corrected chi connectivity index (χ1v) is 11.0. The highest BCUT2D eigenvalue weighted by Crippen LogP contribution is 2.33. The summed E-state index contributed by atoms with van der Waals surface area (Å²) < 4.78 is 8.39. The standard InChI is InChI=1S/C21H38N6O.HI/c1-5-22-20(23-14-16-10-9-13-28-19(16)21(2,3)4)24-15-18-26-25-17-11-7-6-8-12-27(17)18;/h16,19H,5-15H2,1-4H3,(H2,22,23,24);1H. The summed E-state index contributed by atoms with van der Waals surface area (Å²) in [4.78, 5) is 4.80. The number of nitrogens with zero attached hydrogens (tertiary/aromatic N) is 4. The summed E-state index contributed by atoms with van der Waals surface area (Å²) >= 11 is 0. The maximum Gasteiger partial charge on any atom is 0.191 e. The van der Waals surface area contributed by atoms with Crippen LogP contribution in [0.5, 0.6) is 0 Å². The second kappa shape index (κ2) is 11.5. The van der Waals surface area contributed by atoms with E-state index in [0.717, 1.165) is 56.7 Å². The lowest BCUT2D eigenvalue weighted by molar-refractivity contribution is -0.0835. The number of ether oxygens (including phenoxy) is 1. The molecule has 8 heteroatoms. The van der Waals surface area contributed by atoms with E-state index in [1.54, 1.807) is 0 Å². The van der Waals surface area contributed by atoms with E-state index in [4.69, 9.17) is 9.73 Å². The van der Waals surface area contributed by atoms with Crippen molar-refractivity contribution in [3.8, 4) is 0 Å². The molecule has 2 aliphatic rings. The molecule has 0 aromatic carbocycles. The van der Waals surface area contributed by atoms with Crippen molar-refractivity contribution in [1.29, 1.82) is 0 Å². The minimum Gasteiger partial charge on any atom is -0.377 e. The molecule has 1 fully saturated rings. The zero-order valence-corrected chi connectivity index (χ0v) is 20.9. The van der Waals surface area contributed by atoms with Gasteiger partial charge in [0.05, 0.1) is 6.10 Å². The quantitative estimate of drug-likeness (QED) is 0.355. The number of aliphatic imine (C=N–C) groups is 1. The van der Waals surface area contributed by atoms with Gasteiger partial charge in [-0.25, -0.2) is 4.99 Å². The average molecular weight is 518 g/mol. The lowest BCUT2D eigenvalue weighted by Gasteiger charge is -2.40. The van der Waals surface area contributed by atoms with Gasteiger partial charge < -0.3 is 19.9 Å². The molecule has 0 saturated carbocycles. The zero-order chi connectivity index (χ0) is 20.0. The minimum atomic E-state index is 0. The lowest BCUT2D eigenvalue weighted by atomic mass is 9.78. The zero-order valence-electron chi connectivity index (χ0n) is 18.5. The number of fused-ring (bicyclic) bond motifs is 1. The van der Waals surface area contributed by atoms with Crippen LogP contribution in [0.4, 0.5) is 0 Å². The Labute approximate surface area is 192 Å². The van der Waals surface area contributed by atoms with Gasteiger partial charge in [0.15, 0.2) is 11.8 Å². The molecule has 29 heavy (non-hydrogen) atoms. The van der Waals surface area contributed by atoms with Crippen LogP contribution in [-0.2, 0) is 24.2 Å². The topological polar surface area (TPSA) is 76.4 Å². The SMILES string of the molecule is CCNC(=NCc1nnc2n1CCCCC2)NCC1CCCOC1C(C)(C)C.I. The van der Waals surface area contributed by atoms with Crippen LogP contribution in [0.25, 0.3) is 0 Å². The molecule has 2 N–H and O–H groups in total. The fourth-order valence-electron chi connectivity index (χ4n) is 4.39. The van der Waals surface area contributed by atoms with Gasteiger partial charge in [-0.2, -0.15) is 0 Å². The van der Waals surface area contributed by atoms with Crippen molar-refractivity contribution in [2.24, 2.45) is 16.3 Å². The number of hydrogen-bond acceptors (Lipinski definition) is 4. The van der Waals surface area contributed by atoms with Crippen LogP contribution >= 0.6 is 24.0 Å². The Hall–Kier alpha value is -0.900. The number of rotatable bonds is 5. The molecule has 3 rings (SSSR count). The van der Waals surface area contributed by atoms with Gasteiger partial charge in [-0.3, -0.25) is 0 Å². The monoisotopic (exact) mass is 518 g/mol. The van der Waals surface area contributed by atoms with Crippen LogP contribution in [0.3, 0.4) is 0 Å². The first-order chi connectivity index (χ1) is 13.5. The van der Waals surface area contributed by atoms with Crippen molar-refractivity contribution in [3.63, 3.8) is 0 Å². The molecule has 1 saturated heterocycles. The van der Waals surface area contributed by atoms with E-state index >= 15 is 0 Å². The van der Waals surface area contributed by atoms with Crippen LogP contribution < -0.4 is 10.6 Å². The maximum absolute atomic E-state index is 6.12. The number of nitrogens with one attached hydrogen (secondary N) is 2. The smallest absolute Gasteiger partial charge is 0.191 e. The van der Waals surface area contributed by atoms with Gasteiger partial charge >= 0.3 is 0 Å². The Kier molecular flexibility index (Phi) is 9.65. The predicted molar refractivity (Wildman–Crippen MR) is 128 cm³/mol. The number of aromatic nitrogens is 3. The second-order valence-electron chi connectivity index (χ2n) is 9.13. The van der Waals surface area contributed by atoms with E-state index in [-0.39, 0.29) is 35.5 Å². The largest absolute Gasteiger partial charge is 0.377 e. The molecule has 7 nitrogen and oxygen atoms in total. The van der Waals surface area contributed by atoms with Gasteiger partial charge in [-0.05, 0) is 38.0 Å². The van der Waals surface area contributed by atoms with Crippen LogP contribution in [-0.4, -0.2) is 46.5 Å². The lowest BCUT2D eigenvalue weighted by Crippen LogP contribution is -2.47. The fraction of sp³-hybridized carbons (Fsp3) is 0.857. The molecule has 0 radical (unpaired) electrons. The molecule has 2 atom stereocenters. The van der Waals surface area contributed by atoms with Crippen molar-refractivity contribution in [1.82, 2.24) is 25.4 Å².